The van der Waals surface area contributed by atoms with E-state index >= 15 is 0 Å². The van der Waals surface area contributed by atoms with Gasteiger partial charge in [-0.2, -0.15) is 0 Å². The van der Waals surface area contributed by atoms with Gasteiger partial charge in [-0.05, 0) is 12.1 Å². The third-order valence-corrected chi connectivity index (χ3v) is 3.48. The van der Waals surface area contributed by atoms with Crippen LogP contribution in [0.3, 0.4) is 0 Å². The molecule has 0 atom stereocenters. The highest BCUT2D eigenvalue weighted by molar-refractivity contribution is 5.95. The monoisotopic (exact) mass is 356 g/mol. The Bertz CT molecular complexity index is 614. The van der Waals surface area contributed by atoms with E-state index in [4.69, 9.17) is 4.98 Å². The number of aromatic nitrogens is 2. The molecule has 1 aliphatic heterocycles. The second-order valence-electron chi connectivity index (χ2n) is 4.65. The summed E-state index contributed by atoms with van der Waals surface area (Å²) in [6.07, 6.45) is 0. The Morgan fingerprint density at radius 2 is 1.94 bits per heavy atom. The molecule has 0 aliphatic carbocycles. The second-order valence-corrected chi connectivity index (χ2v) is 4.65. The standard InChI is InChI=1S/C13H17N4.HI/c1-15-8-9-16(2)13(15)12-14-10-6-4-5-7-11(10)17(12)3;/h4-7H,8-9H2,1-3H3;1H/q+1;/p-1. The molecule has 1 aromatic carbocycles. The first-order valence-corrected chi connectivity index (χ1v) is 5.89. The number of aryl methyl sites for hydroxylation is 1. The van der Waals surface area contributed by atoms with Crippen molar-refractivity contribution in [3.8, 4) is 0 Å². The smallest absolute Gasteiger partial charge is 0.315 e. The average molecular weight is 356 g/mol. The predicted octanol–water partition coefficient (Wildman–Crippen LogP) is -2.09. The molecule has 0 radical (unpaired) electrons. The number of rotatable bonds is 1. The van der Waals surface area contributed by atoms with Gasteiger partial charge in [0.2, 0.25) is 5.82 Å². The van der Waals surface area contributed by atoms with E-state index in [1.165, 1.54) is 11.4 Å². The average Bonchev–Trinajstić information content (AvgIpc) is 2.82. The number of nitrogens with zero attached hydrogens (tertiary/aromatic N) is 4. The fourth-order valence-electron chi connectivity index (χ4n) is 2.49. The molecule has 2 aromatic rings. The molecule has 2 heterocycles. The lowest BCUT2D eigenvalue weighted by Gasteiger charge is -2.06. The van der Waals surface area contributed by atoms with E-state index < -0.39 is 0 Å². The van der Waals surface area contributed by atoms with Crippen molar-refractivity contribution in [3.63, 3.8) is 0 Å². The van der Waals surface area contributed by atoms with Crippen LogP contribution in [0, 0.1) is 0 Å². The summed E-state index contributed by atoms with van der Waals surface area (Å²) >= 11 is 0. The first-order chi connectivity index (χ1) is 8.18. The molecule has 0 amide bonds. The van der Waals surface area contributed by atoms with Gasteiger partial charge in [0.05, 0.1) is 25.1 Å². The van der Waals surface area contributed by atoms with Crippen LogP contribution in [0.2, 0.25) is 0 Å². The summed E-state index contributed by atoms with van der Waals surface area (Å²) in [5, 5.41) is 0. The first kappa shape index (κ1) is 13.3. The summed E-state index contributed by atoms with van der Waals surface area (Å²) in [6, 6.07) is 8.27. The lowest BCUT2D eigenvalue weighted by Crippen LogP contribution is -3.00. The van der Waals surface area contributed by atoms with E-state index in [1.54, 1.807) is 0 Å². The summed E-state index contributed by atoms with van der Waals surface area (Å²) in [5.74, 6) is 2.26. The molecular formula is C13H17IN4. The molecule has 5 heteroatoms. The maximum Gasteiger partial charge on any atom is 0.315 e. The molecule has 0 fully saturated rings. The molecule has 3 rings (SSSR count). The van der Waals surface area contributed by atoms with E-state index in [0.29, 0.717) is 0 Å². The highest BCUT2D eigenvalue weighted by atomic mass is 127. The van der Waals surface area contributed by atoms with Crippen molar-refractivity contribution in [2.24, 2.45) is 7.05 Å². The third kappa shape index (κ3) is 1.90. The normalized spacial score (nSPS) is 15.4. The molecule has 0 spiro atoms. The second kappa shape index (κ2) is 4.87. The molecule has 0 bridgehead atoms. The lowest BCUT2D eigenvalue weighted by atomic mass is 10.3. The maximum atomic E-state index is 4.74. The van der Waals surface area contributed by atoms with Gasteiger partial charge < -0.3 is 28.5 Å². The molecule has 0 unspecified atom stereocenters. The Kier molecular flexibility index (Phi) is 3.61. The summed E-state index contributed by atoms with van der Waals surface area (Å²) in [5.41, 5.74) is 2.25. The molecule has 0 saturated carbocycles. The highest BCUT2D eigenvalue weighted by Crippen LogP contribution is 2.16. The lowest BCUT2D eigenvalue weighted by molar-refractivity contribution is -0.486. The van der Waals surface area contributed by atoms with Crippen molar-refractivity contribution >= 4 is 16.9 Å². The van der Waals surface area contributed by atoms with Crippen molar-refractivity contribution in [1.29, 1.82) is 0 Å². The molecule has 0 N–H and O–H groups in total. The minimum Gasteiger partial charge on any atom is -1.00 e. The molecule has 18 heavy (non-hydrogen) atoms. The van der Waals surface area contributed by atoms with Crippen LogP contribution >= 0.6 is 0 Å². The quantitative estimate of drug-likeness (QED) is 0.433. The largest absolute Gasteiger partial charge is 1.00 e. The van der Waals surface area contributed by atoms with Gasteiger partial charge in [0.15, 0.2) is 0 Å². The zero-order valence-electron chi connectivity index (χ0n) is 10.9. The van der Waals surface area contributed by atoms with Crippen molar-refractivity contribution in [2.75, 3.05) is 27.2 Å². The van der Waals surface area contributed by atoms with Crippen LogP contribution in [0.1, 0.15) is 5.82 Å². The first-order valence-electron chi connectivity index (χ1n) is 5.89. The Morgan fingerprint density at radius 1 is 1.22 bits per heavy atom. The number of imidazole rings is 1. The number of likely N-dealkylation sites (N-methyl/N-ethyl adjacent to an activating group) is 2. The topological polar surface area (TPSA) is 24.1 Å². The summed E-state index contributed by atoms with van der Waals surface area (Å²) in [4.78, 5) is 7.00. The van der Waals surface area contributed by atoms with E-state index in [-0.39, 0.29) is 24.0 Å². The van der Waals surface area contributed by atoms with Crippen LogP contribution in [-0.4, -0.2) is 52.0 Å². The van der Waals surface area contributed by atoms with Crippen LogP contribution < -0.4 is 24.0 Å². The zero-order chi connectivity index (χ0) is 12.0. The van der Waals surface area contributed by atoms with Crippen LogP contribution in [0.4, 0.5) is 0 Å². The molecule has 96 valence electrons. The van der Waals surface area contributed by atoms with Gasteiger partial charge in [0.1, 0.15) is 13.1 Å². The Hall–Kier alpha value is -1.11. The summed E-state index contributed by atoms with van der Waals surface area (Å²) in [7, 11) is 6.33. The maximum absolute atomic E-state index is 4.74. The van der Waals surface area contributed by atoms with E-state index in [9.17, 15) is 0 Å². The molecule has 4 nitrogen and oxygen atoms in total. The third-order valence-electron chi connectivity index (χ3n) is 3.48. The Balaban J connectivity index is 0.00000120. The summed E-state index contributed by atoms with van der Waals surface area (Å²) in [6.45, 7) is 2.13. The van der Waals surface area contributed by atoms with Crippen molar-refractivity contribution in [1.82, 2.24) is 14.5 Å². The number of hydrogen-bond acceptors (Lipinski definition) is 2. The van der Waals surface area contributed by atoms with Crippen molar-refractivity contribution in [2.45, 2.75) is 0 Å². The van der Waals surface area contributed by atoms with Gasteiger partial charge in [-0.1, -0.05) is 12.1 Å². The fourth-order valence-corrected chi connectivity index (χ4v) is 2.49. The summed E-state index contributed by atoms with van der Waals surface area (Å²) < 4.78 is 4.43. The van der Waals surface area contributed by atoms with Gasteiger partial charge in [-0.3, -0.25) is 9.48 Å². The van der Waals surface area contributed by atoms with Gasteiger partial charge in [0.25, 0.3) is 0 Å². The van der Waals surface area contributed by atoms with Crippen molar-refractivity contribution < 1.29 is 28.6 Å². The van der Waals surface area contributed by atoms with Crippen LogP contribution in [0.15, 0.2) is 24.3 Å². The zero-order valence-corrected chi connectivity index (χ0v) is 13.0. The SMILES string of the molecule is CN1CC[N+](C)=C1c1nc2ccccc2n1C.[I-]. The number of halogens is 1. The molecule has 1 aliphatic rings. The van der Waals surface area contributed by atoms with Crippen LogP contribution in [-0.2, 0) is 7.05 Å². The number of benzene rings is 1. The number of hydrogen-bond donors (Lipinski definition) is 0. The van der Waals surface area contributed by atoms with Crippen molar-refractivity contribution in [3.05, 3.63) is 30.1 Å². The minimum atomic E-state index is 0. The van der Waals surface area contributed by atoms with Crippen LogP contribution in [0.5, 0.6) is 0 Å². The van der Waals surface area contributed by atoms with Crippen LogP contribution in [0.25, 0.3) is 11.0 Å². The number of fused-ring (bicyclic) bond motifs is 1. The predicted molar refractivity (Wildman–Crippen MR) is 68.5 cm³/mol. The van der Waals surface area contributed by atoms with E-state index in [2.05, 4.69) is 53.4 Å². The minimum absolute atomic E-state index is 0. The van der Waals surface area contributed by atoms with Gasteiger partial charge in [-0.25, -0.2) is 4.98 Å². The van der Waals surface area contributed by atoms with Gasteiger partial charge in [-0.15, -0.1) is 0 Å². The molecule has 1 aromatic heterocycles. The van der Waals surface area contributed by atoms with E-state index in [1.807, 2.05) is 6.07 Å². The van der Waals surface area contributed by atoms with E-state index in [0.717, 1.165) is 24.4 Å². The molecular weight excluding hydrogens is 339 g/mol. The van der Waals surface area contributed by atoms with Gasteiger partial charge in [0, 0.05) is 7.05 Å². The fraction of sp³-hybridized carbons (Fsp3) is 0.385. The highest BCUT2D eigenvalue weighted by Gasteiger charge is 2.30. The van der Waals surface area contributed by atoms with Gasteiger partial charge >= 0.3 is 5.84 Å². The Labute approximate surface area is 124 Å². The molecule has 0 saturated heterocycles. The number of para-hydroxylation sites is 2. The number of amidine groups is 1. The Morgan fingerprint density at radius 3 is 2.56 bits per heavy atom.